The van der Waals surface area contributed by atoms with Gasteiger partial charge in [-0.1, -0.05) is 29.8 Å². The average molecular weight is 328 g/mol. The highest BCUT2D eigenvalue weighted by atomic mass is 32.1. The van der Waals surface area contributed by atoms with Crippen LogP contribution in [0, 0.1) is 13.8 Å². The fraction of sp³-hybridized carbons (Fsp3) is 0.316. The normalized spacial score (nSPS) is 11.7. The van der Waals surface area contributed by atoms with Crippen LogP contribution < -0.4 is 15.4 Å². The van der Waals surface area contributed by atoms with E-state index in [4.69, 9.17) is 17.0 Å². The standard InChI is InChI=1S/C19H24N2OS/c1-5-22-17-9-7-16(8-10-17)15(4)20-19(23)21-18-11-6-13(2)12-14(18)3/h6-12,15H,5H2,1-4H3,(H2,20,21,23). The number of anilines is 1. The molecule has 23 heavy (non-hydrogen) atoms. The molecular formula is C19H24N2OS. The molecule has 0 bridgehead atoms. The maximum atomic E-state index is 5.46. The van der Waals surface area contributed by atoms with E-state index < -0.39 is 0 Å². The van der Waals surface area contributed by atoms with Crippen LogP contribution in [-0.4, -0.2) is 11.7 Å². The molecule has 0 aromatic heterocycles. The van der Waals surface area contributed by atoms with Crippen LogP contribution in [0.3, 0.4) is 0 Å². The Morgan fingerprint density at radius 2 is 1.83 bits per heavy atom. The van der Waals surface area contributed by atoms with Crippen LogP contribution in [0.25, 0.3) is 0 Å². The Hall–Kier alpha value is -2.07. The van der Waals surface area contributed by atoms with E-state index in [0.29, 0.717) is 11.7 Å². The minimum absolute atomic E-state index is 0.122. The SMILES string of the molecule is CCOc1ccc(C(C)NC(=S)Nc2ccc(C)cc2C)cc1. The summed E-state index contributed by atoms with van der Waals surface area (Å²) >= 11 is 5.43. The maximum absolute atomic E-state index is 5.46. The molecular weight excluding hydrogens is 304 g/mol. The molecule has 4 heteroatoms. The molecule has 0 saturated carbocycles. The van der Waals surface area contributed by atoms with Gasteiger partial charge in [0.1, 0.15) is 5.75 Å². The average Bonchev–Trinajstić information content (AvgIpc) is 2.51. The van der Waals surface area contributed by atoms with E-state index in [2.05, 4.69) is 61.7 Å². The van der Waals surface area contributed by atoms with Crippen LogP contribution in [0.2, 0.25) is 0 Å². The summed E-state index contributed by atoms with van der Waals surface area (Å²) in [6, 6.07) is 14.5. The van der Waals surface area contributed by atoms with Crippen LogP contribution in [-0.2, 0) is 0 Å². The van der Waals surface area contributed by atoms with Crippen LogP contribution in [0.15, 0.2) is 42.5 Å². The van der Waals surface area contributed by atoms with Crippen molar-refractivity contribution in [3.8, 4) is 5.75 Å². The Bertz CT molecular complexity index is 668. The van der Waals surface area contributed by atoms with Gasteiger partial charge in [-0.3, -0.25) is 0 Å². The van der Waals surface area contributed by atoms with E-state index >= 15 is 0 Å². The molecule has 3 nitrogen and oxygen atoms in total. The second-order valence-corrected chi connectivity index (χ2v) is 6.05. The van der Waals surface area contributed by atoms with E-state index in [9.17, 15) is 0 Å². The number of hydrogen-bond acceptors (Lipinski definition) is 2. The van der Waals surface area contributed by atoms with E-state index in [1.54, 1.807) is 0 Å². The summed E-state index contributed by atoms with van der Waals surface area (Å²) in [4.78, 5) is 0. The molecule has 0 saturated heterocycles. The second kappa shape index (κ2) is 7.97. The number of hydrogen-bond donors (Lipinski definition) is 2. The first-order valence-corrected chi connectivity index (χ1v) is 8.28. The summed E-state index contributed by atoms with van der Waals surface area (Å²) in [6.07, 6.45) is 0. The minimum atomic E-state index is 0.122. The Balaban J connectivity index is 1.96. The molecule has 0 aliphatic heterocycles. The predicted molar refractivity (Wildman–Crippen MR) is 101 cm³/mol. The van der Waals surface area contributed by atoms with E-state index in [0.717, 1.165) is 11.4 Å². The number of rotatable bonds is 5. The van der Waals surface area contributed by atoms with Crippen molar-refractivity contribution < 1.29 is 4.74 Å². The molecule has 1 unspecified atom stereocenters. The topological polar surface area (TPSA) is 33.3 Å². The summed E-state index contributed by atoms with van der Waals surface area (Å²) < 4.78 is 5.46. The monoisotopic (exact) mass is 328 g/mol. The molecule has 0 aliphatic carbocycles. The van der Waals surface area contributed by atoms with Crippen molar-refractivity contribution in [2.75, 3.05) is 11.9 Å². The zero-order chi connectivity index (χ0) is 16.8. The fourth-order valence-electron chi connectivity index (χ4n) is 2.41. The number of benzene rings is 2. The van der Waals surface area contributed by atoms with Gasteiger partial charge in [-0.2, -0.15) is 0 Å². The molecule has 2 aromatic rings. The Morgan fingerprint density at radius 1 is 1.13 bits per heavy atom. The number of nitrogens with one attached hydrogen (secondary N) is 2. The first kappa shape index (κ1) is 17.3. The first-order valence-electron chi connectivity index (χ1n) is 7.87. The van der Waals surface area contributed by atoms with Gasteiger partial charge >= 0.3 is 0 Å². The van der Waals surface area contributed by atoms with Crippen molar-refractivity contribution in [2.45, 2.75) is 33.7 Å². The Labute approximate surface area is 144 Å². The van der Waals surface area contributed by atoms with E-state index in [-0.39, 0.29) is 6.04 Å². The third kappa shape index (κ3) is 4.96. The van der Waals surface area contributed by atoms with Gasteiger partial charge in [-0.05, 0) is 69.2 Å². The van der Waals surface area contributed by atoms with Crippen molar-refractivity contribution in [3.63, 3.8) is 0 Å². The van der Waals surface area contributed by atoms with Crippen molar-refractivity contribution in [1.82, 2.24) is 5.32 Å². The molecule has 0 fully saturated rings. The third-order valence-corrected chi connectivity index (χ3v) is 3.89. The second-order valence-electron chi connectivity index (χ2n) is 5.64. The quantitative estimate of drug-likeness (QED) is 0.776. The minimum Gasteiger partial charge on any atom is -0.494 e. The van der Waals surface area contributed by atoms with Crippen LogP contribution in [0.4, 0.5) is 5.69 Å². The zero-order valence-electron chi connectivity index (χ0n) is 14.1. The van der Waals surface area contributed by atoms with Gasteiger partial charge in [0.2, 0.25) is 0 Å². The number of aryl methyl sites for hydroxylation is 2. The largest absolute Gasteiger partial charge is 0.494 e. The van der Waals surface area contributed by atoms with Crippen LogP contribution in [0.5, 0.6) is 5.75 Å². The molecule has 0 heterocycles. The lowest BCUT2D eigenvalue weighted by atomic mass is 10.1. The zero-order valence-corrected chi connectivity index (χ0v) is 15.0. The molecule has 0 spiro atoms. The fourth-order valence-corrected chi connectivity index (χ4v) is 2.70. The third-order valence-electron chi connectivity index (χ3n) is 3.67. The van der Waals surface area contributed by atoms with Crippen molar-refractivity contribution in [3.05, 3.63) is 59.2 Å². The van der Waals surface area contributed by atoms with E-state index in [1.165, 1.54) is 16.7 Å². The van der Waals surface area contributed by atoms with Gasteiger partial charge in [-0.25, -0.2) is 0 Å². The van der Waals surface area contributed by atoms with Crippen molar-refractivity contribution in [2.24, 2.45) is 0 Å². The van der Waals surface area contributed by atoms with Crippen LogP contribution >= 0.6 is 12.2 Å². The summed E-state index contributed by atoms with van der Waals surface area (Å²) in [5, 5.41) is 7.21. The summed E-state index contributed by atoms with van der Waals surface area (Å²) in [5.41, 5.74) is 4.63. The molecule has 0 amide bonds. The van der Waals surface area contributed by atoms with Gasteiger partial charge < -0.3 is 15.4 Å². The molecule has 2 aromatic carbocycles. The van der Waals surface area contributed by atoms with Crippen molar-refractivity contribution in [1.29, 1.82) is 0 Å². The maximum Gasteiger partial charge on any atom is 0.171 e. The van der Waals surface area contributed by atoms with E-state index in [1.807, 2.05) is 19.1 Å². The molecule has 2 N–H and O–H groups in total. The lowest BCUT2D eigenvalue weighted by molar-refractivity contribution is 0.340. The lowest BCUT2D eigenvalue weighted by Gasteiger charge is -2.18. The van der Waals surface area contributed by atoms with Gasteiger partial charge in [0.15, 0.2) is 5.11 Å². The highest BCUT2D eigenvalue weighted by Crippen LogP contribution is 2.19. The van der Waals surface area contributed by atoms with Gasteiger partial charge in [0.05, 0.1) is 12.6 Å². The lowest BCUT2D eigenvalue weighted by Crippen LogP contribution is -2.31. The summed E-state index contributed by atoms with van der Waals surface area (Å²) in [7, 11) is 0. The summed E-state index contributed by atoms with van der Waals surface area (Å²) in [5.74, 6) is 0.888. The highest BCUT2D eigenvalue weighted by Gasteiger charge is 2.08. The van der Waals surface area contributed by atoms with Gasteiger partial charge in [0, 0.05) is 5.69 Å². The summed E-state index contributed by atoms with van der Waals surface area (Å²) in [6.45, 7) is 8.91. The van der Waals surface area contributed by atoms with Gasteiger partial charge in [-0.15, -0.1) is 0 Å². The molecule has 0 radical (unpaired) electrons. The van der Waals surface area contributed by atoms with Crippen LogP contribution in [0.1, 0.15) is 36.6 Å². The predicted octanol–water partition coefficient (Wildman–Crippen LogP) is 4.75. The molecule has 2 rings (SSSR count). The molecule has 0 aliphatic rings. The highest BCUT2D eigenvalue weighted by molar-refractivity contribution is 7.80. The number of thiocarbonyl (C=S) groups is 1. The number of ether oxygens (including phenoxy) is 1. The first-order chi connectivity index (χ1) is 11.0. The molecule has 1 atom stereocenters. The molecule has 122 valence electrons. The smallest absolute Gasteiger partial charge is 0.171 e. The van der Waals surface area contributed by atoms with Crippen molar-refractivity contribution >= 4 is 23.0 Å². The Kier molecular flexibility index (Phi) is 5.99. The Morgan fingerprint density at radius 3 is 2.43 bits per heavy atom. The van der Waals surface area contributed by atoms with Gasteiger partial charge in [0.25, 0.3) is 0 Å².